The van der Waals surface area contributed by atoms with E-state index in [1.807, 2.05) is 0 Å². The Bertz CT molecular complexity index is 2780. The standard InChI is InChI=1S/C45H27N3/c1-2-12-29-27-43-39(26-28(29)11-1)35-17-5-7-21-41(35)47(45-46-40-20-6-8-22-42(40)48(43)45)31-14-9-13-30(25-31)32-23-24-38-34-16-4-3-15-33(34)37-19-10-18-36(32)44(37)38/h1-27H. The molecule has 2 heterocycles. The molecule has 8 aromatic carbocycles. The molecular formula is C45H27N3. The molecule has 3 nitrogen and oxygen atoms in total. The summed E-state index contributed by atoms with van der Waals surface area (Å²) in [6.07, 6.45) is 0. The minimum absolute atomic E-state index is 0.880. The van der Waals surface area contributed by atoms with E-state index in [2.05, 4.69) is 173 Å². The maximum atomic E-state index is 5.34. The second kappa shape index (κ2) is 9.54. The number of fused-ring (bicyclic) bond motifs is 11. The summed E-state index contributed by atoms with van der Waals surface area (Å²) in [7, 11) is 0. The molecule has 0 atom stereocenters. The highest BCUT2D eigenvalue weighted by atomic mass is 15.3. The van der Waals surface area contributed by atoms with E-state index >= 15 is 0 Å². The van der Waals surface area contributed by atoms with Crippen molar-refractivity contribution >= 4 is 49.9 Å². The predicted molar refractivity (Wildman–Crippen MR) is 200 cm³/mol. The molecule has 3 heteroatoms. The lowest BCUT2D eigenvalue weighted by Crippen LogP contribution is -2.14. The van der Waals surface area contributed by atoms with Crippen molar-refractivity contribution in [3.8, 4) is 50.2 Å². The van der Waals surface area contributed by atoms with Crippen LogP contribution in [0.4, 0.5) is 17.3 Å². The third-order valence-electron chi connectivity index (χ3n) is 10.2. The maximum Gasteiger partial charge on any atom is 0.220 e. The van der Waals surface area contributed by atoms with E-state index in [9.17, 15) is 0 Å². The summed E-state index contributed by atoms with van der Waals surface area (Å²) in [6.45, 7) is 0. The van der Waals surface area contributed by atoms with E-state index < -0.39 is 0 Å². The lowest BCUT2D eigenvalue weighted by molar-refractivity contribution is 1.05. The fourth-order valence-electron chi connectivity index (χ4n) is 8.16. The summed E-state index contributed by atoms with van der Waals surface area (Å²) in [5.74, 6) is 0.880. The maximum absolute atomic E-state index is 5.34. The van der Waals surface area contributed by atoms with Gasteiger partial charge in [-0.1, -0.05) is 121 Å². The van der Waals surface area contributed by atoms with E-state index in [0.717, 1.165) is 34.0 Å². The third kappa shape index (κ3) is 3.45. The van der Waals surface area contributed by atoms with Crippen LogP contribution >= 0.6 is 0 Å². The molecule has 11 rings (SSSR count). The van der Waals surface area contributed by atoms with Crippen LogP contribution in [-0.2, 0) is 0 Å². The number of anilines is 3. The first-order chi connectivity index (χ1) is 23.8. The summed E-state index contributed by atoms with van der Waals surface area (Å²) in [4.78, 5) is 7.69. The Hall–Kier alpha value is -6.45. The summed E-state index contributed by atoms with van der Waals surface area (Å²) >= 11 is 0. The van der Waals surface area contributed by atoms with Gasteiger partial charge in [-0.2, -0.15) is 0 Å². The number of hydrogen-bond acceptors (Lipinski definition) is 2. The number of para-hydroxylation sites is 3. The van der Waals surface area contributed by atoms with Crippen molar-refractivity contribution in [2.45, 2.75) is 0 Å². The lowest BCUT2D eigenvalue weighted by atomic mass is 9.94. The Morgan fingerprint density at radius 3 is 1.96 bits per heavy atom. The molecule has 0 N–H and O–H groups in total. The van der Waals surface area contributed by atoms with Gasteiger partial charge in [0.25, 0.3) is 0 Å². The number of hydrogen-bond donors (Lipinski definition) is 0. The zero-order valence-electron chi connectivity index (χ0n) is 25.9. The number of nitrogens with zero attached hydrogens (tertiary/aromatic N) is 3. The summed E-state index contributed by atoms with van der Waals surface area (Å²) in [6, 6.07) is 59.6. The molecule has 0 fully saturated rings. The summed E-state index contributed by atoms with van der Waals surface area (Å²) in [5, 5.41) is 5.05. The van der Waals surface area contributed by atoms with Crippen LogP contribution in [0.5, 0.6) is 0 Å². The van der Waals surface area contributed by atoms with Crippen molar-refractivity contribution in [1.82, 2.24) is 9.55 Å². The molecule has 0 amide bonds. The second-order valence-corrected chi connectivity index (χ2v) is 12.8. The van der Waals surface area contributed by atoms with Gasteiger partial charge in [0, 0.05) is 16.8 Å². The molecule has 48 heavy (non-hydrogen) atoms. The van der Waals surface area contributed by atoms with Crippen molar-refractivity contribution in [3.63, 3.8) is 0 Å². The largest absolute Gasteiger partial charge is 0.280 e. The minimum atomic E-state index is 0.880. The van der Waals surface area contributed by atoms with Gasteiger partial charge in [0.05, 0.1) is 22.4 Å². The molecule has 1 aliphatic heterocycles. The second-order valence-electron chi connectivity index (χ2n) is 12.8. The van der Waals surface area contributed by atoms with Crippen LogP contribution in [0, 0.1) is 0 Å². The number of aromatic nitrogens is 2. The molecule has 0 saturated heterocycles. The quantitative estimate of drug-likeness (QED) is 0.194. The van der Waals surface area contributed by atoms with Crippen LogP contribution in [0.2, 0.25) is 0 Å². The first-order valence-electron chi connectivity index (χ1n) is 16.5. The minimum Gasteiger partial charge on any atom is -0.280 e. The Balaban J connectivity index is 1.18. The number of imidazole rings is 1. The van der Waals surface area contributed by atoms with Crippen LogP contribution in [0.25, 0.3) is 82.8 Å². The number of benzene rings is 8. The predicted octanol–water partition coefficient (Wildman–Crippen LogP) is 12.1. The van der Waals surface area contributed by atoms with E-state index in [-0.39, 0.29) is 0 Å². The van der Waals surface area contributed by atoms with Gasteiger partial charge in [-0.25, -0.2) is 4.98 Å². The molecule has 0 radical (unpaired) electrons. The SMILES string of the molecule is c1cc(-c2ccc3c4c(cccc24)-c2ccccc2-3)cc(N2c3ccccc3-c3cc4ccccc4cc3-n3c2nc2ccccc23)c1. The Morgan fingerprint density at radius 2 is 1.08 bits per heavy atom. The molecule has 2 aliphatic rings. The molecule has 222 valence electrons. The van der Waals surface area contributed by atoms with E-state index in [1.54, 1.807) is 0 Å². The Kier molecular flexibility index (Phi) is 5.11. The van der Waals surface area contributed by atoms with Crippen molar-refractivity contribution in [3.05, 3.63) is 164 Å². The molecule has 1 aliphatic carbocycles. The van der Waals surface area contributed by atoms with E-state index in [1.165, 1.54) is 66.1 Å². The van der Waals surface area contributed by atoms with Gasteiger partial charge in [-0.05, 0) is 97.4 Å². The van der Waals surface area contributed by atoms with Gasteiger partial charge < -0.3 is 0 Å². The van der Waals surface area contributed by atoms with Gasteiger partial charge >= 0.3 is 0 Å². The Labute approximate surface area is 277 Å². The average molecular weight is 610 g/mol. The van der Waals surface area contributed by atoms with Crippen LogP contribution in [0.3, 0.4) is 0 Å². The zero-order valence-corrected chi connectivity index (χ0v) is 25.9. The molecule has 0 bridgehead atoms. The summed E-state index contributed by atoms with van der Waals surface area (Å²) < 4.78 is 2.35. The zero-order chi connectivity index (χ0) is 31.3. The van der Waals surface area contributed by atoms with Gasteiger partial charge in [0.15, 0.2) is 0 Å². The van der Waals surface area contributed by atoms with Crippen LogP contribution in [-0.4, -0.2) is 9.55 Å². The highest BCUT2D eigenvalue weighted by Crippen LogP contribution is 2.51. The van der Waals surface area contributed by atoms with Gasteiger partial charge in [-0.3, -0.25) is 9.47 Å². The van der Waals surface area contributed by atoms with Crippen molar-refractivity contribution in [2.75, 3.05) is 4.90 Å². The molecule has 0 spiro atoms. The van der Waals surface area contributed by atoms with Crippen LogP contribution < -0.4 is 4.90 Å². The summed E-state index contributed by atoms with van der Waals surface area (Å²) in [5.41, 5.74) is 15.4. The van der Waals surface area contributed by atoms with Crippen molar-refractivity contribution in [2.24, 2.45) is 0 Å². The molecule has 0 unspecified atom stereocenters. The lowest BCUT2D eigenvalue weighted by Gasteiger charge is -2.25. The number of rotatable bonds is 2. The molecular weight excluding hydrogens is 583 g/mol. The van der Waals surface area contributed by atoms with E-state index in [4.69, 9.17) is 4.98 Å². The normalized spacial score (nSPS) is 12.5. The van der Waals surface area contributed by atoms with Crippen LogP contribution in [0.1, 0.15) is 0 Å². The first kappa shape index (κ1) is 25.7. The topological polar surface area (TPSA) is 21.1 Å². The fourth-order valence-corrected chi connectivity index (χ4v) is 8.16. The highest BCUT2D eigenvalue weighted by molar-refractivity contribution is 6.18. The Morgan fingerprint density at radius 1 is 0.417 bits per heavy atom. The fraction of sp³-hybridized carbons (Fsp3) is 0. The molecule has 0 saturated carbocycles. The van der Waals surface area contributed by atoms with Gasteiger partial charge in [0.2, 0.25) is 5.95 Å². The average Bonchev–Trinajstić information content (AvgIpc) is 3.65. The molecule has 1 aromatic heterocycles. The van der Waals surface area contributed by atoms with Gasteiger partial charge in [0.1, 0.15) is 0 Å². The van der Waals surface area contributed by atoms with Crippen LogP contribution in [0.15, 0.2) is 164 Å². The van der Waals surface area contributed by atoms with Gasteiger partial charge in [-0.15, -0.1) is 0 Å². The smallest absolute Gasteiger partial charge is 0.220 e. The monoisotopic (exact) mass is 609 g/mol. The third-order valence-corrected chi connectivity index (χ3v) is 10.2. The first-order valence-corrected chi connectivity index (χ1v) is 16.5. The van der Waals surface area contributed by atoms with Crippen molar-refractivity contribution < 1.29 is 0 Å². The molecule has 9 aromatic rings. The van der Waals surface area contributed by atoms with E-state index in [0.29, 0.717) is 0 Å². The highest BCUT2D eigenvalue weighted by Gasteiger charge is 2.30. The van der Waals surface area contributed by atoms with Crippen molar-refractivity contribution in [1.29, 1.82) is 0 Å².